The molecule has 0 fully saturated rings. The van der Waals surface area contributed by atoms with Gasteiger partial charge in [-0.05, 0) is 159 Å². The topological polar surface area (TPSA) is 74.6 Å². The van der Waals surface area contributed by atoms with Gasteiger partial charge in [-0.15, -0.1) is 34.0 Å². The highest BCUT2D eigenvalue weighted by Crippen LogP contribution is 2.52. The summed E-state index contributed by atoms with van der Waals surface area (Å²) in [6, 6.07) is 116. The van der Waals surface area contributed by atoms with Crippen molar-refractivity contribution in [3.8, 4) is 45.5 Å². The minimum Gasteiger partial charge on any atom is -0.437 e. The Bertz CT molecular complexity index is 8670. The van der Waals surface area contributed by atoms with Gasteiger partial charge in [0.1, 0.15) is 10.4 Å². The molecule has 18 aromatic carbocycles. The average Bonchev–Trinajstić information content (AvgIpc) is 1.54. The number of fused-ring (bicyclic) bond motifs is 36. The summed E-state index contributed by atoms with van der Waals surface area (Å²) >= 11 is 5.39. The van der Waals surface area contributed by atoms with Crippen LogP contribution in [0, 0.1) is 0 Å². The Balaban J connectivity index is 0.719. The lowest BCUT2D eigenvalue weighted by Crippen LogP contribution is -2.03. The fourth-order valence-corrected chi connectivity index (χ4v) is 22.5. The number of aromatic nitrogens is 6. The fraction of sp³-hybridized carbons (Fsp3) is 0. The van der Waals surface area contributed by atoms with Gasteiger partial charge in [0.2, 0.25) is 17.6 Å². The van der Waals surface area contributed by atoms with Crippen LogP contribution in [0.2, 0.25) is 0 Å². The standard InChI is InChI=1S/C100H52N6OS3/c1-3-21-57-53(19-1)40-46-75-89(57)93-77(48-44-65-61-25-6-5-23-59(61)60-24-9-10-28-64(60)87(65)93)105(75)99-101-95(71-32-17-37-83-85(71)68-29-11-14-34-80(68)108-83)91-74-52-56(42-50-79(74)107-97(91)103-99)55-39-43-67-73(51-55)63-27-8-7-26-62(63)66-45-49-78-94(88(66)67)90-58-22-4-2-20-54(58)41-47-76(90)106(78)100-102-96(92-70-31-13-16-36-82(70)110-98(92)104-100)72-33-18-38-84-86(72)69-30-12-15-35-81(69)109-84/h1-52H. The average molecular weight is 1450 g/mol. The maximum atomic E-state index is 7.23. The Kier molecular flexibility index (Phi) is 11.9. The normalized spacial score (nSPS) is 12.5. The van der Waals surface area contributed by atoms with Crippen LogP contribution in [0.25, 0.3) is 258 Å². The highest BCUT2D eigenvalue weighted by Gasteiger charge is 2.29. The van der Waals surface area contributed by atoms with Crippen LogP contribution in [0.4, 0.5) is 0 Å². The Morgan fingerprint density at radius 3 is 1.16 bits per heavy atom. The van der Waals surface area contributed by atoms with E-state index in [-0.39, 0.29) is 0 Å². The third-order valence-electron chi connectivity index (χ3n) is 23.7. The second-order valence-electron chi connectivity index (χ2n) is 29.3. The number of rotatable bonds is 5. The van der Waals surface area contributed by atoms with E-state index in [0.717, 1.165) is 104 Å². The fourth-order valence-electron chi connectivity index (χ4n) is 19.2. The van der Waals surface area contributed by atoms with Crippen molar-refractivity contribution in [1.82, 2.24) is 29.1 Å². The number of furan rings is 1. The number of hydrogen-bond donors (Lipinski definition) is 0. The van der Waals surface area contributed by atoms with E-state index in [1.807, 2.05) is 22.7 Å². The van der Waals surface area contributed by atoms with Gasteiger partial charge in [-0.25, -0.2) is 15.0 Å². The second-order valence-corrected chi connectivity index (χ2v) is 32.5. The smallest absolute Gasteiger partial charge is 0.238 e. The molecule has 0 spiro atoms. The van der Waals surface area contributed by atoms with Crippen LogP contribution in [-0.2, 0) is 0 Å². The van der Waals surface area contributed by atoms with E-state index in [4.69, 9.17) is 24.4 Å². The molecule has 0 aliphatic carbocycles. The number of nitrogens with zero attached hydrogens (tertiary/aromatic N) is 6. The third kappa shape index (κ3) is 7.99. The van der Waals surface area contributed by atoms with Crippen LogP contribution in [0.5, 0.6) is 0 Å². The van der Waals surface area contributed by atoms with Crippen LogP contribution in [0.15, 0.2) is 320 Å². The van der Waals surface area contributed by atoms with Gasteiger partial charge in [-0.3, -0.25) is 9.13 Å². The monoisotopic (exact) mass is 1450 g/mol. The molecule has 10 heteroatoms. The summed E-state index contributed by atoms with van der Waals surface area (Å²) in [6.07, 6.45) is 0. The SMILES string of the molecule is c1ccc2c(c1)ccc1c2c2c3c4ccccc4c4ccccc4c3ccc2n1-c1nc(-c2cccc3sc4ccccc4c23)c2c(n1)oc1ccc(-c3ccc4c(c3)c3ccccc3c3ccc5c(c34)c3c4ccccc4ccc3n5-c3nc(-c4cccc5sc6ccccc6c45)c4c(n3)sc3ccccc34)cc12. The van der Waals surface area contributed by atoms with Crippen molar-refractivity contribution in [2.24, 2.45) is 0 Å². The maximum absolute atomic E-state index is 7.23. The van der Waals surface area contributed by atoms with Gasteiger partial charge in [0, 0.05) is 105 Å². The lowest BCUT2D eigenvalue weighted by molar-refractivity contribution is 0.651. The molecule has 0 saturated carbocycles. The molecule has 0 N–H and O–H groups in total. The van der Waals surface area contributed by atoms with Crippen LogP contribution in [0.3, 0.4) is 0 Å². The van der Waals surface area contributed by atoms with Crippen LogP contribution >= 0.6 is 34.0 Å². The number of thiophene rings is 3. The van der Waals surface area contributed by atoms with Crippen molar-refractivity contribution in [3.05, 3.63) is 315 Å². The first kappa shape index (κ1) is 59.4. The predicted molar refractivity (Wildman–Crippen MR) is 469 cm³/mol. The van der Waals surface area contributed by atoms with E-state index in [1.54, 1.807) is 11.3 Å². The van der Waals surface area contributed by atoms with Gasteiger partial charge in [-0.2, -0.15) is 4.98 Å². The number of hydrogen-bond acceptors (Lipinski definition) is 8. The van der Waals surface area contributed by atoms with Crippen molar-refractivity contribution in [2.75, 3.05) is 0 Å². The molecule has 8 heterocycles. The minimum absolute atomic E-state index is 0.521. The van der Waals surface area contributed by atoms with Gasteiger partial charge < -0.3 is 4.42 Å². The van der Waals surface area contributed by atoms with Gasteiger partial charge in [0.05, 0.1) is 38.8 Å². The van der Waals surface area contributed by atoms with E-state index in [9.17, 15) is 0 Å². The van der Waals surface area contributed by atoms with E-state index in [1.165, 1.54) is 137 Å². The van der Waals surface area contributed by atoms with Crippen molar-refractivity contribution < 1.29 is 4.42 Å². The molecule has 506 valence electrons. The molecule has 0 radical (unpaired) electrons. The molecular weight excluding hydrogens is 1400 g/mol. The molecule has 0 aliphatic heterocycles. The summed E-state index contributed by atoms with van der Waals surface area (Å²) in [5.41, 5.74) is 11.4. The number of benzene rings is 18. The molecule has 0 aliphatic rings. The van der Waals surface area contributed by atoms with Crippen molar-refractivity contribution >= 4 is 247 Å². The van der Waals surface area contributed by atoms with Crippen molar-refractivity contribution in [3.63, 3.8) is 0 Å². The predicted octanol–water partition coefficient (Wildman–Crippen LogP) is 28.7. The summed E-state index contributed by atoms with van der Waals surface area (Å²) in [5, 5.41) is 32.6. The molecule has 110 heavy (non-hydrogen) atoms. The summed E-state index contributed by atoms with van der Waals surface area (Å²) in [6.45, 7) is 0. The summed E-state index contributed by atoms with van der Waals surface area (Å²) in [7, 11) is 0. The highest BCUT2D eigenvalue weighted by molar-refractivity contribution is 7.26. The van der Waals surface area contributed by atoms with E-state index < -0.39 is 0 Å². The molecule has 0 bridgehead atoms. The molecule has 26 rings (SSSR count). The quantitative estimate of drug-likeness (QED) is 0.161. The lowest BCUT2D eigenvalue weighted by atomic mass is 9.89. The van der Waals surface area contributed by atoms with Gasteiger partial charge in [-0.1, -0.05) is 243 Å². The Morgan fingerprint density at radius 1 is 0.227 bits per heavy atom. The van der Waals surface area contributed by atoms with Gasteiger partial charge >= 0.3 is 0 Å². The lowest BCUT2D eigenvalue weighted by Gasteiger charge is -2.14. The molecule has 0 unspecified atom stereocenters. The molecule has 26 aromatic rings. The molecular formula is C100H52N6OS3. The summed E-state index contributed by atoms with van der Waals surface area (Å²) in [4.78, 5) is 24.2. The molecule has 7 nitrogen and oxygen atoms in total. The Hall–Kier alpha value is -13.7. The maximum Gasteiger partial charge on any atom is 0.238 e. The largest absolute Gasteiger partial charge is 0.437 e. The zero-order valence-electron chi connectivity index (χ0n) is 58.3. The minimum atomic E-state index is 0.521. The zero-order chi connectivity index (χ0) is 71.3. The Labute approximate surface area is 636 Å². The summed E-state index contributed by atoms with van der Waals surface area (Å²) < 4.78 is 18.0. The van der Waals surface area contributed by atoms with E-state index >= 15 is 0 Å². The van der Waals surface area contributed by atoms with Gasteiger partial charge in [0.15, 0.2) is 0 Å². The first-order chi connectivity index (χ1) is 54.6. The van der Waals surface area contributed by atoms with Crippen LogP contribution < -0.4 is 0 Å². The molecule has 0 saturated heterocycles. The van der Waals surface area contributed by atoms with Crippen molar-refractivity contribution in [1.29, 1.82) is 0 Å². The molecule has 0 atom stereocenters. The molecule has 8 aromatic heterocycles. The zero-order valence-corrected chi connectivity index (χ0v) is 60.8. The third-order valence-corrected chi connectivity index (χ3v) is 27.1. The molecule has 0 amide bonds. The van der Waals surface area contributed by atoms with E-state index in [2.05, 4.69) is 325 Å². The first-order valence-corrected chi connectivity index (χ1v) is 39.7. The van der Waals surface area contributed by atoms with Gasteiger partial charge in [0.25, 0.3) is 0 Å². The highest BCUT2D eigenvalue weighted by atomic mass is 32.1. The van der Waals surface area contributed by atoms with Crippen LogP contribution in [-0.4, -0.2) is 29.1 Å². The second kappa shape index (κ2) is 22.0. The first-order valence-electron chi connectivity index (χ1n) is 37.2. The van der Waals surface area contributed by atoms with Crippen molar-refractivity contribution in [2.45, 2.75) is 0 Å². The summed E-state index contributed by atoms with van der Waals surface area (Å²) in [5.74, 6) is 1.18. The van der Waals surface area contributed by atoms with E-state index in [0.29, 0.717) is 17.6 Å². The Morgan fingerprint density at radius 2 is 0.609 bits per heavy atom. The van der Waals surface area contributed by atoms with Crippen LogP contribution in [0.1, 0.15) is 0 Å².